The molecule has 0 bridgehead atoms. The van der Waals surface area contributed by atoms with Crippen LogP contribution in [-0.2, 0) is 5.41 Å². The van der Waals surface area contributed by atoms with Gasteiger partial charge in [0.2, 0.25) is 0 Å². The van der Waals surface area contributed by atoms with Crippen LogP contribution in [0.25, 0.3) is 11.1 Å². The van der Waals surface area contributed by atoms with Crippen LogP contribution in [0.4, 0.5) is 0 Å². The molecule has 0 amide bonds. The predicted octanol–water partition coefficient (Wildman–Crippen LogP) is 7.17. The third-order valence-corrected chi connectivity index (χ3v) is 7.47. The fraction of sp³-hybridized carbons (Fsp3) is 0.0400. The molecule has 27 heavy (non-hydrogen) atoms. The highest BCUT2D eigenvalue weighted by atomic mass is 35.5. The van der Waals surface area contributed by atoms with E-state index in [4.69, 9.17) is 11.6 Å². The number of hydrogen-bond acceptors (Lipinski definition) is 1. The molecule has 0 nitrogen and oxygen atoms in total. The van der Waals surface area contributed by atoms with Crippen molar-refractivity contribution in [3.8, 4) is 11.1 Å². The lowest BCUT2D eigenvalue weighted by atomic mass is 9.67. The first kappa shape index (κ1) is 15.6. The first-order valence-electron chi connectivity index (χ1n) is 9.07. The number of fused-ring (bicyclic) bond motifs is 9. The van der Waals surface area contributed by atoms with Gasteiger partial charge in [-0.3, -0.25) is 0 Å². The molecule has 4 aromatic carbocycles. The van der Waals surface area contributed by atoms with E-state index in [1.165, 1.54) is 43.2 Å². The normalized spacial score (nSPS) is 15.0. The van der Waals surface area contributed by atoms with Crippen molar-refractivity contribution in [3.05, 3.63) is 118 Å². The summed E-state index contributed by atoms with van der Waals surface area (Å²) in [5.74, 6) is 0. The lowest BCUT2D eigenvalue weighted by Gasteiger charge is -2.39. The van der Waals surface area contributed by atoms with Gasteiger partial charge in [0.15, 0.2) is 0 Å². The minimum atomic E-state index is -0.310. The predicted molar refractivity (Wildman–Crippen MR) is 113 cm³/mol. The molecule has 0 aromatic heterocycles. The minimum Gasteiger partial charge on any atom is -0.0878 e. The van der Waals surface area contributed by atoms with E-state index in [0.717, 1.165) is 5.02 Å². The van der Waals surface area contributed by atoms with Crippen molar-refractivity contribution < 1.29 is 0 Å². The molecule has 128 valence electrons. The van der Waals surface area contributed by atoms with Crippen LogP contribution < -0.4 is 0 Å². The first-order valence-corrected chi connectivity index (χ1v) is 10.3. The van der Waals surface area contributed by atoms with Crippen molar-refractivity contribution in [2.24, 2.45) is 0 Å². The highest BCUT2D eigenvalue weighted by Crippen LogP contribution is 2.62. The van der Waals surface area contributed by atoms with E-state index in [2.05, 4.69) is 84.9 Å². The Labute approximate surface area is 167 Å². The van der Waals surface area contributed by atoms with E-state index in [-0.39, 0.29) is 5.41 Å². The van der Waals surface area contributed by atoms with Crippen LogP contribution in [0.15, 0.2) is 101 Å². The van der Waals surface area contributed by atoms with E-state index in [9.17, 15) is 0 Å². The molecule has 0 radical (unpaired) electrons. The Hall–Kier alpha value is -2.48. The molecule has 1 aliphatic heterocycles. The zero-order valence-corrected chi connectivity index (χ0v) is 16.0. The van der Waals surface area contributed by atoms with Crippen LogP contribution in [0, 0.1) is 0 Å². The van der Waals surface area contributed by atoms with E-state index in [0.29, 0.717) is 0 Å². The Kier molecular flexibility index (Phi) is 3.18. The molecular formula is C25H15ClS. The number of hydrogen-bond donors (Lipinski definition) is 0. The monoisotopic (exact) mass is 382 g/mol. The molecular weight excluding hydrogens is 368 g/mol. The smallest absolute Gasteiger partial charge is 0.0735 e. The zero-order chi connectivity index (χ0) is 18.0. The molecule has 1 aliphatic carbocycles. The highest BCUT2D eigenvalue weighted by Gasteiger charge is 2.50. The third-order valence-electron chi connectivity index (χ3n) is 5.83. The second kappa shape index (κ2) is 5.51. The van der Waals surface area contributed by atoms with Gasteiger partial charge >= 0.3 is 0 Å². The summed E-state index contributed by atoms with van der Waals surface area (Å²) >= 11 is 8.49. The van der Waals surface area contributed by atoms with Gasteiger partial charge in [0.05, 0.1) is 10.4 Å². The molecule has 0 atom stereocenters. The topological polar surface area (TPSA) is 0 Å². The quantitative estimate of drug-likeness (QED) is 0.268. The van der Waals surface area contributed by atoms with Crippen molar-refractivity contribution in [1.29, 1.82) is 0 Å². The number of halogens is 1. The van der Waals surface area contributed by atoms with Gasteiger partial charge in [-0.2, -0.15) is 0 Å². The van der Waals surface area contributed by atoms with Gasteiger partial charge < -0.3 is 0 Å². The van der Waals surface area contributed by atoms with E-state index in [1.807, 2.05) is 6.07 Å². The van der Waals surface area contributed by atoms with Gasteiger partial charge in [-0.05, 0) is 45.5 Å². The average Bonchev–Trinajstić information content (AvgIpc) is 3.01. The van der Waals surface area contributed by atoms with Crippen LogP contribution in [0.3, 0.4) is 0 Å². The summed E-state index contributed by atoms with van der Waals surface area (Å²) in [7, 11) is 0. The summed E-state index contributed by atoms with van der Waals surface area (Å²) in [6, 6.07) is 32.8. The molecule has 4 aromatic rings. The van der Waals surface area contributed by atoms with Crippen LogP contribution in [0.2, 0.25) is 5.02 Å². The minimum absolute atomic E-state index is 0.310. The fourth-order valence-corrected chi connectivity index (χ4v) is 6.33. The van der Waals surface area contributed by atoms with E-state index >= 15 is 0 Å². The van der Waals surface area contributed by atoms with Gasteiger partial charge in [0.1, 0.15) is 0 Å². The molecule has 0 fully saturated rings. The lowest BCUT2D eigenvalue weighted by molar-refractivity contribution is 0.722. The van der Waals surface area contributed by atoms with Crippen molar-refractivity contribution in [3.63, 3.8) is 0 Å². The van der Waals surface area contributed by atoms with Crippen LogP contribution in [0.5, 0.6) is 0 Å². The van der Waals surface area contributed by atoms with Crippen LogP contribution in [0.1, 0.15) is 22.3 Å². The Morgan fingerprint density at radius 1 is 0.556 bits per heavy atom. The molecule has 1 spiro atoms. The molecule has 1 heterocycles. The summed E-state index contributed by atoms with van der Waals surface area (Å²) < 4.78 is 0. The van der Waals surface area contributed by atoms with E-state index < -0.39 is 0 Å². The standard InChI is InChI=1S/C25H15ClS/c26-22-14-7-13-21-24(22)27-23-15-6-5-12-20(23)25(21)18-10-3-1-8-16(18)17-9-2-4-11-19(17)25/h1-15H. The summed E-state index contributed by atoms with van der Waals surface area (Å²) in [6.07, 6.45) is 0. The van der Waals surface area contributed by atoms with Crippen molar-refractivity contribution in [2.75, 3.05) is 0 Å². The van der Waals surface area contributed by atoms with E-state index in [1.54, 1.807) is 11.8 Å². The molecule has 2 aliphatic rings. The summed E-state index contributed by atoms with van der Waals surface area (Å²) in [5.41, 5.74) is 7.67. The maximum absolute atomic E-state index is 6.70. The van der Waals surface area contributed by atoms with Gasteiger partial charge in [-0.15, -0.1) is 0 Å². The van der Waals surface area contributed by atoms with Gasteiger partial charge in [0.25, 0.3) is 0 Å². The lowest BCUT2D eigenvalue weighted by Crippen LogP contribution is -2.32. The maximum atomic E-state index is 6.70. The van der Waals surface area contributed by atoms with Crippen molar-refractivity contribution in [1.82, 2.24) is 0 Å². The number of benzene rings is 4. The van der Waals surface area contributed by atoms with Crippen LogP contribution in [-0.4, -0.2) is 0 Å². The zero-order valence-electron chi connectivity index (χ0n) is 14.4. The highest BCUT2D eigenvalue weighted by molar-refractivity contribution is 7.99. The van der Waals surface area contributed by atoms with Gasteiger partial charge in [0, 0.05) is 9.79 Å². The van der Waals surface area contributed by atoms with Gasteiger partial charge in [-0.1, -0.05) is 102 Å². The summed E-state index contributed by atoms with van der Waals surface area (Å²) in [6.45, 7) is 0. The van der Waals surface area contributed by atoms with Crippen molar-refractivity contribution in [2.45, 2.75) is 15.2 Å². The number of rotatable bonds is 0. The third kappa shape index (κ3) is 1.86. The Bertz CT molecular complexity index is 1180. The maximum Gasteiger partial charge on any atom is 0.0735 e. The van der Waals surface area contributed by atoms with Crippen molar-refractivity contribution >= 4 is 23.4 Å². The molecule has 0 N–H and O–H groups in total. The summed E-state index contributed by atoms with van der Waals surface area (Å²) in [4.78, 5) is 2.45. The SMILES string of the molecule is Clc1cccc2c1Sc1ccccc1C21c2ccccc2-c2ccccc21. The molecule has 0 saturated carbocycles. The molecule has 0 saturated heterocycles. The largest absolute Gasteiger partial charge is 0.0878 e. The molecule has 6 rings (SSSR count). The fourth-order valence-electron chi connectivity index (χ4n) is 4.84. The molecule has 0 unspecified atom stereocenters. The van der Waals surface area contributed by atoms with Crippen LogP contribution >= 0.6 is 23.4 Å². The van der Waals surface area contributed by atoms with Gasteiger partial charge in [-0.25, -0.2) is 0 Å². The average molecular weight is 383 g/mol. The Morgan fingerprint density at radius 2 is 1.11 bits per heavy atom. The summed E-state index contributed by atoms with van der Waals surface area (Å²) in [5, 5.41) is 0.827. The Morgan fingerprint density at radius 3 is 1.81 bits per heavy atom. The second-order valence-electron chi connectivity index (χ2n) is 7.06. The second-order valence-corrected chi connectivity index (χ2v) is 8.52. The first-order chi connectivity index (χ1) is 13.3. The Balaban J connectivity index is 1.87. The molecule has 2 heteroatoms.